The van der Waals surface area contributed by atoms with Crippen molar-refractivity contribution in [1.82, 2.24) is 0 Å². The second-order valence-corrected chi connectivity index (χ2v) is 2.57. The maximum absolute atomic E-state index is 12.5. The van der Waals surface area contributed by atoms with Crippen molar-refractivity contribution in [2.24, 2.45) is 0 Å². The first kappa shape index (κ1) is 9.77. The summed E-state index contributed by atoms with van der Waals surface area (Å²) in [5, 5.41) is 0. The van der Waals surface area contributed by atoms with Crippen LogP contribution >= 0.6 is 0 Å². The fourth-order valence-corrected chi connectivity index (χ4v) is 0.925. The van der Waals surface area contributed by atoms with Crippen LogP contribution in [0.4, 0.5) is 13.2 Å². The SMILES string of the molecule is O=C(Cc1cccc(F)c1)C(F)F. The van der Waals surface area contributed by atoms with Gasteiger partial charge < -0.3 is 0 Å². The maximum Gasteiger partial charge on any atom is 0.296 e. The zero-order valence-electron chi connectivity index (χ0n) is 6.64. The maximum atomic E-state index is 12.5. The smallest absolute Gasteiger partial charge is 0.293 e. The van der Waals surface area contributed by atoms with Gasteiger partial charge in [-0.25, -0.2) is 13.2 Å². The molecule has 13 heavy (non-hydrogen) atoms. The van der Waals surface area contributed by atoms with E-state index in [1.165, 1.54) is 18.2 Å². The molecule has 0 aliphatic rings. The first-order valence-corrected chi connectivity index (χ1v) is 3.65. The number of rotatable bonds is 3. The minimum atomic E-state index is -2.98. The van der Waals surface area contributed by atoms with E-state index >= 15 is 0 Å². The van der Waals surface area contributed by atoms with Crippen LogP contribution < -0.4 is 0 Å². The molecule has 0 radical (unpaired) electrons. The van der Waals surface area contributed by atoms with Crippen molar-refractivity contribution < 1.29 is 18.0 Å². The number of carbonyl (C=O) groups is 1. The minimum absolute atomic E-state index is 0.269. The number of halogens is 3. The highest BCUT2D eigenvalue weighted by molar-refractivity contribution is 5.83. The van der Waals surface area contributed by atoms with Gasteiger partial charge in [0.25, 0.3) is 6.43 Å². The summed E-state index contributed by atoms with van der Waals surface area (Å²) in [6, 6.07) is 5.07. The molecule has 0 aliphatic heterocycles. The van der Waals surface area contributed by atoms with E-state index in [4.69, 9.17) is 0 Å². The molecule has 0 aromatic heterocycles. The van der Waals surface area contributed by atoms with Crippen molar-refractivity contribution in [2.75, 3.05) is 0 Å². The lowest BCUT2D eigenvalue weighted by Gasteiger charge is -1.99. The molecule has 0 atom stereocenters. The zero-order chi connectivity index (χ0) is 9.84. The molecule has 0 bridgehead atoms. The van der Waals surface area contributed by atoms with Crippen LogP contribution in [0.1, 0.15) is 5.56 Å². The van der Waals surface area contributed by atoms with Gasteiger partial charge in [0, 0.05) is 6.42 Å². The van der Waals surface area contributed by atoms with E-state index in [1.54, 1.807) is 0 Å². The van der Waals surface area contributed by atoms with Gasteiger partial charge in [-0.3, -0.25) is 4.79 Å². The van der Waals surface area contributed by atoms with E-state index < -0.39 is 24.4 Å². The Morgan fingerprint density at radius 3 is 2.62 bits per heavy atom. The van der Waals surface area contributed by atoms with Crippen LogP contribution in [0.2, 0.25) is 0 Å². The molecule has 0 aliphatic carbocycles. The summed E-state index contributed by atoms with van der Waals surface area (Å²) in [4.78, 5) is 10.6. The Bertz CT molecular complexity index is 309. The summed E-state index contributed by atoms with van der Waals surface area (Å²) < 4.78 is 36.1. The van der Waals surface area contributed by atoms with Crippen LogP contribution in [0.15, 0.2) is 24.3 Å². The van der Waals surface area contributed by atoms with Crippen molar-refractivity contribution in [3.8, 4) is 0 Å². The van der Waals surface area contributed by atoms with Gasteiger partial charge in [-0.1, -0.05) is 12.1 Å². The van der Waals surface area contributed by atoms with Gasteiger partial charge in [0.15, 0.2) is 0 Å². The largest absolute Gasteiger partial charge is 0.296 e. The summed E-state index contributed by atoms with van der Waals surface area (Å²) in [7, 11) is 0. The Kier molecular flexibility index (Phi) is 3.06. The number of ketones is 1. The third-order valence-corrected chi connectivity index (χ3v) is 1.51. The number of alkyl halides is 2. The van der Waals surface area contributed by atoms with Crippen LogP contribution in [0.3, 0.4) is 0 Å². The molecule has 0 amide bonds. The van der Waals surface area contributed by atoms with E-state index in [-0.39, 0.29) is 5.56 Å². The Morgan fingerprint density at radius 2 is 2.08 bits per heavy atom. The van der Waals surface area contributed by atoms with Crippen LogP contribution in [-0.2, 0) is 11.2 Å². The quantitative estimate of drug-likeness (QED) is 0.710. The number of hydrogen-bond acceptors (Lipinski definition) is 1. The van der Waals surface area contributed by atoms with Crippen molar-refractivity contribution >= 4 is 5.78 Å². The molecule has 0 saturated carbocycles. The van der Waals surface area contributed by atoms with Gasteiger partial charge in [-0.05, 0) is 17.7 Å². The molecule has 0 N–H and O–H groups in total. The predicted molar refractivity (Wildman–Crippen MR) is 41.1 cm³/mol. The lowest BCUT2D eigenvalue weighted by molar-refractivity contribution is -0.128. The first-order chi connectivity index (χ1) is 6.09. The van der Waals surface area contributed by atoms with Crippen LogP contribution in [-0.4, -0.2) is 12.2 Å². The summed E-state index contributed by atoms with van der Waals surface area (Å²) in [5.41, 5.74) is 0.269. The molecule has 0 saturated heterocycles. The standard InChI is InChI=1S/C9H7F3O/c10-7-3-1-2-6(4-7)5-8(13)9(11)12/h1-4,9H,5H2. The highest BCUT2D eigenvalue weighted by atomic mass is 19.3. The van der Waals surface area contributed by atoms with Gasteiger partial charge in [0.05, 0.1) is 0 Å². The average Bonchev–Trinajstić information content (AvgIpc) is 2.04. The Labute approximate surface area is 73.2 Å². The molecule has 1 rings (SSSR count). The predicted octanol–water partition coefficient (Wildman–Crippen LogP) is 2.20. The summed E-state index contributed by atoms with van der Waals surface area (Å²) in [6.07, 6.45) is -3.40. The van der Waals surface area contributed by atoms with E-state index in [0.717, 1.165) is 6.07 Å². The average molecular weight is 188 g/mol. The molecule has 4 heteroatoms. The second kappa shape index (κ2) is 4.07. The number of hydrogen-bond donors (Lipinski definition) is 0. The zero-order valence-corrected chi connectivity index (χ0v) is 6.64. The topological polar surface area (TPSA) is 17.1 Å². The fourth-order valence-electron chi connectivity index (χ4n) is 0.925. The molecule has 1 aromatic rings. The Morgan fingerprint density at radius 1 is 1.38 bits per heavy atom. The van der Waals surface area contributed by atoms with Gasteiger partial charge in [0.1, 0.15) is 5.82 Å². The molecular weight excluding hydrogens is 181 g/mol. The highest BCUT2D eigenvalue weighted by Crippen LogP contribution is 2.07. The molecule has 1 nitrogen and oxygen atoms in total. The van der Waals surface area contributed by atoms with E-state index in [1.807, 2.05) is 0 Å². The molecule has 0 unspecified atom stereocenters. The second-order valence-electron chi connectivity index (χ2n) is 2.57. The molecule has 0 spiro atoms. The normalized spacial score (nSPS) is 10.5. The van der Waals surface area contributed by atoms with Crippen molar-refractivity contribution in [3.05, 3.63) is 35.6 Å². The summed E-state index contributed by atoms with van der Waals surface area (Å²) in [6.45, 7) is 0. The first-order valence-electron chi connectivity index (χ1n) is 3.65. The Hall–Kier alpha value is -1.32. The van der Waals surface area contributed by atoms with Crippen molar-refractivity contribution in [3.63, 3.8) is 0 Å². The fraction of sp³-hybridized carbons (Fsp3) is 0.222. The lowest BCUT2D eigenvalue weighted by atomic mass is 10.1. The molecular formula is C9H7F3O. The number of carbonyl (C=O) groups excluding carboxylic acids is 1. The molecule has 0 fully saturated rings. The van der Waals surface area contributed by atoms with Crippen molar-refractivity contribution in [2.45, 2.75) is 12.8 Å². The molecule has 70 valence electrons. The monoisotopic (exact) mass is 188 g/mol. The van der Waals surface area contributed by atoms with Crippen LogP contribution in [0.25, 0.3) is 0 Å². The van der Waals surface area contributed by atoms with Crippen LogP contribution in [0, 0.1) is 5.82 Å². The number of benzene rings is 1. The highest BCUT2D eigenvalue weighted by Gasteiger charge is 2.15. The van der Waals surface area contributed by atoms with Gasteiger partial charge in [-0.2, -0.15) is 0 Å². The number of Topliss-reactive ketones (excluding diaryl/α,β-unsaturated/α-hetero) is 1. The summed E-state index contributed by atoms with van der Waals surface area (Å²) >= 11 is 0. The lowest BCUT2D eigenvalue weighted by Crippen LogP contribution is -2.12. The molecule has 1 aromatic carbocycles. The third-order valence-electron chi connectivity index (χ3n) is 1.51. The minimum Gasteiger partial charge on any atom is -0.293 e. The van der Waals surface area contributed by atoms with Gasteiger partial charge in [0.2, 0.25) is 5.78 Å². The third kappa shape index (κ3) is 2.89. The van der Waals surface area contributed by atoms with Gasteiger partial charge in [-0.15, -0.1) is 0 Å². The van der Waals surface area contributed by atoms with E-state index in [0.29, 0.717) is 0 Å². The van der Waals surface area contributed by atoms with E-state index in [9.17, 15) is 18.0 Å². The summed E-state index contributed by atoms with van der Waals surface area (Å²) in [5.74, 6) is -1.72. The van der Waals surface area contributed by atoms with Crippen molar-refractivity contribution in [1.29, 1.82) is 0 Å². The molecule has 0 heterocycles. The van der Waals surface area contributed by atoms with Crippen LogP contribution in [0.5, 0.6) is 0 Å². The Balaban J connectivity index is 2.69. The van der Waals surface area contributed by atoms with Gasteiger partial charge >= 0.3 is 0 Å². The van der Waals surface area contributed by atoms with E-state index in [2.05, 4.69) is 0 Å².